The summed E-state index contributed by atoms with van der Waals surface area (Å²) in [6.45, 7) is 2.00. The number of fused-ring (bicyclic) bond motifs is 1. The van der Waals surface area contributed by atoms with Crippen molar-refractivity contribution in [2.24, 2.45) is 0 Å². The second kappa shape index (κ2) is 4.61. The van der Waals surface area contributed by atoms with Crippen LogP contribution in [0, 0.1) is 6.92 Å². The molecule has 0 amide bonds. The fourth-order valence-corrected chi connectivity index (χ4v) is 2.13. The van der Waals surface area contributed by atoms with Gasteiger partial charge in [-0.25, -0.2) is 4.98 Å². The molecule has 19 heavy (non-hydrogen) atoms. The molecule has 0 fully saturated rings. The van der Waals surface area contributed by atoms with Crippen molar-refractivity contribution >= 4 is 17.2 Å². The summed E-state index contributed by atoms with van der Waals surface area (Å²) in [6, 6.07) is 11.5. The number of aldehydes is 1. The summed E-state index contributed by atoms with van der Waals surface area (Å²) in [5.74, 6) is 0. The van der Waals surface area contributed by atoms with Crippen molar-refractivity contribution in [1.82, 2.24) is 9.97 Å². The van der Waals surface area contributed by atoms with Crippen molar-refractivity contribution < 1.29 is 4.79 Å². The van der Waals surface area contributed by atoms with Gasteiger partial charge in [0.2, 0.25) is 0 Å². The third-order valence-corrected chi connectivity index (χ3v) is 3.10. The minimum Gasteiger partial charge on any atom is -0.298 e. The van der Waals surface area contributed by atoms with Crippen LogP contribution in [0.15, 0.2) is 48.8 Å². The SMILES string of the molecule is Cc1ccc2nc(-c3ccncc3)cc(C=O)c2c1. The van der Waals surface area contributed by atoms with Gasteiger partial charge >= 0.3 is 0 Å². The van der Waals surface area contributed by atoms with Gasteiger partial charge in [-0.1, -0.05) is 11.6 Å². The van der Waals surface area contributed by atoms with Gasteiger partial charge in [-0.2, -0.15) is 0 Å². The molecule has 3 heteroatoms. The third-order valence-electron chi connectivity index (χ3n) is 3.10. The number of carbonyl (C=O) groups excluding carboxylic acids is 1. The Morgan fingerprint density at radius 2 is 1.84 bits per heavy atom. The first-order valence-corrected chi connectivity index (χ1v) is 6.05. The predicted molar refractivity (Wildman–Crippen MR) is 75.1 cm³/mol. The van der Waals surface area contributed by atoms with Crippen molar-refractivity contribution in [3.63, 3.8) is 0 Å². The van der Waals surface area contributed by atoms with Gasteiger partial charge in [0.15, 0.2) is 6.29 Å². The summed E-state index contributed by atoms with van der Waals surface area (Å²) >= 11 is 0. The van der Waals surface area contributed by atoms with Gasteiger partial charge in [0.25, 0.3) is 0 Å². The quantitative estimate of drug-likeness (QED) is 0.653. The van der Waals surface area contributed by atoms with Crippen molar-refractivity contribution in [2.45, 2.75) is 6.92 Å². The Kier molecular flexibility index (Phi) is 2.80. The number of hydrogen-bond acceptors (Lipinski definition) is 3. The molecule has 0 saturated heterocycles. The Bertz CT molecular complexity index is 751. The molecule has 3 nitrogen and oxygen atoms in total. The van der Waals surface area contributed by atoms with Crippen molar-refractivity contribution in [3.8, 4) is 11.3 Å². The van der Waals surface area contributed by atoms with Gasteiger partial charge in [0.05, 0.1) is 11.2 Å². The summed E-state index contributed by atoms with van der Waals surface area (Å²) in [7, 11) is 0. The molecule has 0 saturated carbocycles. The molecule has 0 aliphatic heterocycles. The highest BCUT2D eigenvalue weighted by Gasteiger charge is 2.07. The van der Waals surface area contributed by atoms with Crippen LogP contribution in [0.2, 0.25) is 0 Å². The van der Waals surface area contributed by atoms with Gasteiger partial charge in [0, 0.05) is 28.9 Å². The van der Waals surface area contributed by atoms with Crippen LogP contribution in [-0.2, 0) is 0 Å². The molecule has 3 aromatic rings. The van der Waals surface area contributed by atoms with Crippen molar-refractivity contribution in [2.75, 3.05) is 0 Å². The maximum absolute atomic E-state index is 11.3. The van der Waals surface area contributed by atoms with Crippen LogP contribution in [-0.4, -0.2) is 16.3 Å². The number of carbonyl (C=O) groups is 1. The van der Waals surface area contributed by atoms with E-state index < -0.39 is 0 Å². The topological polar surface area (TPSA) is 42.9 Å². The maximum Gasteiger partial charge on any atom is 0.150 e. The molecule has 0 bridgehead atoms. The highest BCUT2D eigenvalue weighted by atomic mass is 16.1. The molecule has 0 atom stereocenters. The molecule has 0 unspecified atom stereocenters. The fraction of sp³-hybridized carbons (Fsp3) is 0.0625. The van der Waals surface area contributed by atoms with Crippen molar-refractivity contribution in [1.29, 1.82) is 0 Å². The highest BCUT2D eigenvalue weighted by molar-refractivity contribution is 5.98. The van der Waals surface area contributed by atoms with E-state index in [1.54, 1.807) is 12.4 Å². The summed E-state index contributed by atoms with van der Waals surface area (Å²) in [5.41, 5.74) is 4.37. The standard InChI is InChI=1S/C16H12N2O/c1-11-2-3-15-14(8-11)13(10-19)9-16(18-15)12-4-6-17-7-5-12/h2-10H,1H3. The molecular weight excluding hydrogens is 236 g/mol. The van der Waals surface area contributed by atoms with E-state index in [1.165, 1.54) is 0 Å². The highest BCUT2D eigenvalue weighted by Crippen LogP contribution is 2.24. The molecule has 92 valence electrons. The van der Waals surface area contributed by atoms with E-state index in [4.69, 9.17) is 0 Å². The fourth-order valence-electron chi connectivity index (χ4n) is 2.13. The van der Waals surface area contributed by atoms with E-state index in [-0.39, 0.29) is 0 Å². The molecule has 0 aliphatic carbocycles. The zero-order valence-electron chi connectivity index (χ0n) is 10.5. The van der Waals surface area contributed by atoms with Gasteiger partial charge in [-0.15, -0.1) is 0 Å². The minimum absolute atomic E-state index is 0.667. The lowest BCUT2D eigenvalue weighted by molar-refractivity contribution is 0.112. The Morgan fingerprint density at radius 3 is 2.58 bits per heavy atom. The van der Waals surface area contributed by atoms with Crippen molar-refractivity contribution in [3.05, 3.63) is 59.9 Å². The summed E-state index contributed by atoms with van der Waals surface area (Å²) < 4.78 is 0. The normalized spacial score (nSPS) is 10.6. The first-order chi connectivity index (χ1) is 9.28. The first-order valence-electron chi connectivity index (χ1n) is 6.05. The molecular formula is C16H12N2O. The second-order valence-electron chi connectivity index (χ2n) is 4.47. The van der Waals surface area contributed by atoms with Crippen LogP contribution in [0.1, 0.15) is 15.9 Å². The number of pyridine rings is 2. The van der Waals surface area contributed by atoms with E-state index >= 15 is 0 Å². The third kappa shape index (κ3) is 2.10. The summed E-state index contributed by atoms with van der Waals surface area (Å²) in [5, 5.41) is 0.896. The van der Waals surface area contributed by atoms with E-state index in [0.717, 1.165) is 34.0 Å². The lowest BCUT2D eigenvalue weighted by Crippen LogP contribution is -1.92. The number of aromatic nitrogens is 2. The molecule has 0 spiro atoms. The van der Waals surface area contributed by atoms with Crippen LogP contribution in [0.5, 0.6) is 0 Å². The van der Waals surface area contributed by atoms with Crippen LogP contribution >= 0.6 is 0 Å². The maximum atomic E-state index is 11.3. The number of rotatable bonds is 2. The molecule has 2 heterocycles. The molecule has 0 aliphatic rings. The van der Waals surface area contributed by atoms with Crippen LogP contribution < -0.4 is 0 Å². The van der Waals surface area contributed by atoms with E-state index in [0.29, 0.717) is 5.56 Å². The summed E-state index contributed by atoms with van der Waals surface area (Å²) in [6.07, 6.45) is 4.32. The molecule has 0 N–H and O–H groups in total. The van der Waals surface area contributed by atoms with E-state index in [9.17, 15) is 4.79 Å². The Hall–Kier alpha value is -2.55. The Balaban J connectivity index is 2.29. The molecule has 1 aromatic carbocycles. The number of benzene rings is 1. The van der Waals surface area contributed by atoms with E-state index in [1.807, 2.05) is 43.3 Å². The lowest BCUT2D eigenvalue weighted by Gasteiger charge is -2.06. The van der Waals surface area contributed by atoms with Gasteiger partial charge < -0.3 is 0 Å². The predicted octanol–water partition coefficient (Wildman–Crippen LogP) is 3.42. The molecule has 0 radical (unpaired) electrons. The first kappa shape index (κ1) is 11.5. The summed E-state index contributed by atoms with van der Waals surface area (Å²) in [4.78, 5) is 19.9. The zero-order valence-corrected chi connectivity index (χ0v) is 10.5. The molecule has 3 rings (SSSR count). The van der Waals surface area contributed by atoms with Gasteiger partial charge in [-0.3, -0.25) is 9.78 Å². The van der Waals surface area contributed by atoms with Crippen LogP contribution in [0.3, 0.4) is 0 Å². The lowest BCUT2D eigenvalue weighted by atomic mass is 10.0. The zero-order chi connectivity index (χ0) is 13.2. The largest absolute Gasteiger partial charge is 0.298 e. The second-order valence-corrected chi connectivity index (χ2v) is 4.47. The minimum atomic E-state index is 0.667. The number of aryl methyl sites for hydroxylation is 1. The van der Waals surface area contributed by atoms with Crippen LogP contribution in [0.4, 0.5) is 0 Å². The average Bonchev–Trinajstić information content (AvgIpc) is 2.47. The average molecular weight is 248 g/mol. The Labute approximate surface area is 111 Å². The van der Waals surface area contributed by atoms with E-state index in [2.05, 4.69) is 9.97 Å². The van der Waals surface area contributed by atoms with Gasteiger partial charge in [0.1, 0.15) is 0 Å². The molecule has 2 aromatic heterocycles. The monoisotopic (exact) mass is 248 g/mol. The number of hydrogen-bond donors (Lipinski definition) is 0. The smallest absolute Gasteiger partial charge is 0.150 e. The van der Waals surface area contributed by atoms with Crippen LogP contribution in [0.25, 0.3) is 22.2 Å². The number of nitrogens with zero attached hydrogens (tertiary/aromatic N) is 2. The van der Waals surface area contributed by atoms with Gasteiger partial charge in [-0.05, 0) is 37.3 Å². The Morgan fingerprint density at radius 1 is 1.05 bits per heavy atom.